The SMILES string of the molecule is CC(C)/C(=C\c1ccc2[nH]ncc2c1)c1ccc(F)cc1Cl. The molecule has 3 aromatic rings. The third-order valence-electron chi connectivity index (χ3n) is 3.65. The van der Waals surface area contributed by atoms with E-state index in [0.717, 1.165) is 27.6 Å². The monoisotopic (exact) mass is 314 g/mol. The second-order valence-electron chi connectivity index (χ2n) is 5.60. The van der Waals surface area contributed by atoms with E-state index in [2.05, 4.69) is 36.2 Å². The second-order valence-corrected chi connectivity index (χ2v) is 6.00. The third kappa shape index (κ3) is 2.90. The summed E-state index contributed by atoms with van der Waals surface area (Å²) in [6.45, 7) is 4.20. The predicted molar refractivity (Wildman–Crippen MR) is 90.2 cm³/mol. The van der Waals surface area contributed by atoms with Gasteiger partial charge in [0.1, 0.15) is 5.82 Å². The highest BCUT2D eigenvalue weighted by molar-refractivity contribution is 6.32. The average Bonchev–Trinajstić information content (AvgIpc) is 2.92. The van der Waals surface area contributed by atoms with Gasteiger partial charge in [0.25, 0.3) is 0 Å². The quantitative estimate of drug-likeness (QED) is 0.631. The van der Waals surface area contributed by atoms with Crippen molar-refractivity contribution < 1.29 is 4.39 Å². The summed E-state index contributed by atoms with van der Waals surface area (Å²) in [6, 6.07) is 10.6. The van der Waals surface area contributed by atoms with Gasteiger partial charge in [-0.05, 0) is 46.9 Å². The normalized spacial score (nSPS) is 12.3. The Labute approximate surface area is 133 Å². The number of nitrogens with zero attached hydrogens (tertiary/aromatic N) is 1. The standard InChI is InChI=1S/C18H16ClFN2/c1-11(2)16(15-5-4-14(20)9-17(15)19)8-12-3-6-18-13(7-12)10-21-22-18/h3-11H,1-2H3,(H,21,22)/b16-8+. The molecule has 3 rings (SSSR count). The Balaban J connectivity index is 2.09. The number of halogens is 2. The molecule has 0 radical (unpaired) electrons. The van der Waals surface area contributed by atoms with E-state index in [1.807, 2.05) is 12.1 Å². The van der Waals surface area contributed by atoms with Crippen LogP contribution in [0.3, 0.4) is 0 Å². The number of H-pyrrole nitrogens is 1. The van der Waals surface area contributed by atoms with Gasteiger partial charge >= 0.3 is 0 Å². The molecule has 0 fully saturated rings. The molecule has 0 unspecified atom stereocenters. The number of hydrogen-bond donors (Lipinski definition) is 1. The summed E-state index contributed by atoms with van der Waals surface area (Å²) in [6.07, 6.45) is 3.89. The largest absolute Gasteiger partial charge is 0.278 e. The van der Waals surface area contributed by atoms with Crippen molar-refractivity contribution in [2.45, 2.75) is 13.8 Å². The first-order valence-electron chi connectivity index (χ1n) is 7.15. The lowest BCUT2D eigenvalue weighted by Gasteiger charge is -2.14. The van der Waals surface area contributed by atoms with Crippen molar-refractivity contribution in [2.75, 3.05) is 0 Å². The molecule has 1 N–H and O–H groups in total. The fourth-order valence-electron chi connectivity index (χ4n) is 2.51. The summed E-state index contributed by atoms with van der Waals surface area (Å²) >= 11 is 6.22. The van der Waals surface area contributed by atoms with Crippen LogP contribution in [0.15, 0.2) is 42.6 Å². The minimum Gasteiger partial charge on any atom is -0.278 e. The van der Waals surface area contributed by atoms with E-state index in [0.29, 0.717) is 5.02 Å². The van der Waals surface area contributed by atoms with Crippen LogP contribution >= 0.6 is 11.6 Å². The molecule has 4 heteroatoms. The Bertz CT molecular complexity index is 849. The smallest absolute Gasteiger partial charge is 0.124 e. The maximum Gasteiger partial charge on any atom is 0.124 e. The van der Waals surface area contributed by atoms with Crippen LogP contribution in [0.1, 0.15) is 25.0 Å². The van der Waals surface area contributed by atoms with Crippen LogP contribution in [0.2, 0.25) is 5.02 Å². The van der Waals surface area contributed by atoms with Crippen LogP contribution in [-0.2, 0) is 0 Å². The van der Waals surface area contributed by atoms with E-state index in [-0.39, 0.29) is 11.7 Å². The van der Waals surface area contributed by atoms with E-state index in [9.17, 15) is 4.39 Å². The summed E-state index contributed by atoms with van der Waals surface area (Å²) in [7, 11) is 0. The summed E-state index contributed by atoms with van der Waals surface area (Å²) in [5.74, 6) is -0.0559. The molecule has 0 saturated carbocycles. The molecule has 0 bridgehead atoms. The van der Waals surface area contributed by atoms with Crippen LogP contribution in [0.25, 0.3) is 22.6 Å². The zero-order chi connectivity index (χ0) is 15.7. The van der Waals surface area contributed by atoms with E-state index in [4.69, 9.17) is 11.6 Å². The van der Waals surface area contributed by atoms with Crippen molar-refractivity contribution >= 4 is 34.2 Å². The average molecular weight is 315 g/mol. The molecule has 2 nitrogen and oxygen atoms in total. The van der Waals surface area contributed by atoms with Crippen LogP contribution in [0.4, 0.5) is 4.39 Å². The van der Waals surface area contributed by atoms with E-state index in [1.54, 1.807) is 12.3 Å². The van der Waals surface area contributed by atoms with Crippen molar-refractivity contribution in [3.05, 3.63) is 64.6 Å². The van der Waals surface area contributed by atoms with Gasteiger partial charge in [0, 0.05) is 5.39 Å². The third-order valence-corrected chi connectivity index (χ3v) is 3.96. The van der Waals surface area contributed by atoms with Crippen LogP contribution in [0, 0.1) is 11.7 Å². The van der Waals surface area contributed by atoms with E-state index in [1.165, 1.54) is 12.1 Å². The maximum absolute atomic E-state index is 13.3. The molecule has 2 aromatic carbocycles. The topological polar surface area (TPSA) is 28.7 Å². The predicted octanol–water partition coefficient (Wildman–Crippen LogP) is 5.55. The summed E-state index contributed by atoms with van der Waals surface area (Å²) in [5, 5.41) is 8.46. The Hall–Kier alpha value is -2.13. The van der Waals surface area contributed by atoms with Gasteiger partial charge in [-0.1, -0.05) is 43.7 Å². The Kier molecular flexibility index (Phi) is 3.99. The lowest BCUT2D eigenvalue weighted by Crippen LogP contribution is -1.95. The first kappa shape index (κ1) is 14.8. The first-order chi connectivity index (χ1) is 10.5. The van der Waals surface area contributed by atoms with Gasteiger partial charge in [-0.2, -0.15) is 5.10 Å². The highest BCUT2D eigenvalue weighted by atomic mass is 35.5. The number of fused-ring (bicyclic) bond motifs is 1. The Morgan fingerprint density at radius 1 is 1.23 bits per heavy atom. The molecular weight excluding hydrogens is 299 g/mol. The van der Waals surface area contributed by atoms with Crippen LogP contribution in [0.5, 0.6) is 0 Å². The number of allylic oxidation sites excluding steroid dienone is 1. The molecule has 0 aliphatic rings. The second kappa shape index (κ2) is 5.93. The molecule has 1 heterocycles. The van der Waals surface area contributed by atoms with Gasteiger partial charge in [-0.25, -0.2) is 4.39 Å². The van der Waals surface area contributed by atoms with Crippen molar-refractivity contribution in [1.29, 1.82) is 0 Å². The number of aromatic amines is 1. The number of benzene rings is 2. The Morgan fingerprint density at radius 2 is 2.05 bits per heavy atom. The molecule has 0 saturated heterocycles. The van der Waals surface area contributed by atoms with Gasteiger partial charge in [0.05, 0.1) is 16.7 Å². The van der Waals surface area contributed by atoms with Crippen molar-refractivity contribution in [3.8, 4) is 0 Å². The van der Waals surface area contributed by atoms with Crippen molar-refractivity contribution in [3.63, 3.8) is 0 Å². The molecule has 112 valence electrons. The minimum absolute atomic E-state index is 0.267. The zero-order valence-electron chi connectivity index (χ0n) is 12.4. The van der Waals surface area contributed by atoms with E-state index >= 15 is 0 Å². The van der Waals surface area contributed by atoms with Crippen LogP contribution < -0.4 is 0 Å². The number of rotatable bonds is 3. The van der Waals surface area contributed by atoms with Gasteiger partial charge < -0.3 is 0 Å². The minimum atomic E-state index is -0.323. The highest BCUT2D eigenvalue weighted by Gasteiger charge is 2.11. The molecule has 0 amide bonds. The molecule has 0 aliphatic heterocycles. The number of hydrogen-bond acceptors (Lipinski definition) is 1. The molecule has 1 aromatic heterocycles. The van der Waals surface area contributed by atoms with E-state index < -0.39 is 0 Å². The number of nitrogens with one attached hydrogen (secondary N) is 1. The lowest BCUT2D eigenvalue weighted by molar-refractivity contribution is 0.627. The number of aromatic nitrogens is 2. The van der Waals surface area contributed by atoms with Crippen molar-refractivity contribution in [2.24, 2.45) is 5.92 Å². The Morgan fingerprint density at radius 3 is 2.77 bits per heavy atom. The fraction of sp³-hybridized carbons (Fsp3) is 0.167. The van der Waals surface area contributed by atoms with Gasteiger partial charge in [-0.3, -0.25) is 5.10 Å². The van der Waals surface area contributed by atoms with Gasteiger partial charge in [-0.15, -0.1) is 0 Å². The van der Waals surface area contributed by atoms with Gasteiger partial charge in [0.2, 0.25) is 0 Å². The fourth-order valence-corrected chi connectivity index (χ4v) is 2.79. The first-order valence-corrected chi connectivity index (χ1v) is 7.52. The molecular formula is C18H16ClFN2. The van der Waals surface area contributed by atoms with Crippen molar-refractivity contribution in [1.82, 2.24) is 10.2 Å². The highest BCUT2D eigenvalue weighted by Crippen LogP contribution is 2.32. The molecule has 0 atom stereocenters. The summed E-state index contributed by atoms with van der Waals surface area (Å²) in [5.41, 5.74) is 4.01. The molecule has 0 aliphatic carbocycles. The maximum atomic E-state index is 13.3. The molecule has 0 spiro atoms. The van der Waals surface area contributed by atoms with Gasteiger partial charge in [0.15, 0.2) is 0 Å². The summed E-state index contributed by atoms with van der Waals surface area (Å²) in [4.78, 5) is 0. The van der Waals surface area contributed by atoms with Crippen LogP contribution in [-0.4, -0.2) is 10.2 Å². The molecule has 22 heavy (non-hydrogen) atoms. The zero-order valence-corrected chi connectivity index (χ0v) is 13.2. The summed E-state index contributed by atoms with van der Waals surface area (Å²) < 4.78 is 13.3. The lowest BCUT2D eigenvalue weighted by atomic mass is 9.93.